The van der Waals surface area contributed by atoms with Crippen LogP contribution in [0.15, 0.2) is 12.1 Å². The van der Waals surface area contributed by atoms with Gasteiger partial charge in [-0.1, -0.05) is 6.07 Å². The van der Waals surface area contributed by atoms with Crippen molar-refractivity contribution in [3.8, 4) is 11.5 Å². The quantitative estimate of drug-likeness (QED) is 0.753. The van der Waals surface area contributed by atoms with Gasteiger partial charge in [0.25, 0.3) is 0 Å². The van der Waals surface area contributed by atoms with E-state index in [1.807, 2.05) is 6.07 Å². The molecule has 2 bridgehead atoms. The maximum Gasteiger partial charge on any atom is 0.165 e. The zero-order chi connectivity index (χ0) is 15.8. The zero-order valence-corrected chi connectivity index (χ0v) is 13.4. The number of benzene rings is 1. The second-order valence-electron chi connectivity index (χ2n) is 7.58. The van der Waals surface area contributed by atoms with Crippen molar-refractivity contribution >= 4 is 0 Å². The number of phenols is 1. The Balaban J connectivity index is 1.82. The van der Waals surface area contributed by atoms with E-state index in [9.17, 15) is 10.2 Å². The summed E-state index contributed by atoms with van der Waals surface area (Å²) in [6.07, 6.45) is 3.02. The minimum absolute atomic E-state index is 0.100. The van der Waals surface area contributed by atoms with Crippen molar-refractivity contribution in [3.05, 3.63) is 23.3 Å². The molecule has 1 unspecified atom stereocenters. The van der Waals surface area contributed by atoms with Crippen LogP contribution in [0.3, 0.4) is 0 Å². The van der Waals surface area contributed by atoms with Crippen molar-refractivity contribution in [2.75, 3.05) is 26.8 Å². The molecule has 0 saturated carbocycles. The van der Waals surface area contributed by atoms with Crippen LogP contribution in [0.1, 0.15) is 30.4 Å². The lowest BCUT2D eigenvalue weighted by atomic mass is 9.52. The topological polar surface area (TPSA) is 62.2 Å². The summed E-state index contributed by atoms with van der Waals surface area (Å²) in [6.45, 7) is 2.07. The molecule has 1 aromatic carbocycles. The average molecular weight is 317 g/mol. The number of phenolic OH excluding ortho intramolecular Hbond substituents is 1. The number of aliphatic hydroxyl groups is 1. The van der Waals surface area contributed by atoms with Crippen LogP contribution in [0.25, 0.3) is 0 Å². The molecular formula is C18H23NO4. The van der Waals surface area contributed by atoms with E-state index >= 15 is 0 Å². The number of hydrogen-bond acceptors (Lipinski definition) is 5. The van der Waals surface area contributed by atoms with Gasteiger partial charge < -0.3 is 24.6 Å². The first-order valence-electron chi connectivity index (χ1n) is 8.60. The summed E-state index contributed by atoms with van der Waals surface area (Å²) in [5, 5.41) is 22.2. The lowest BCUT2D eigenvalue weighted by molar-refractivity contribution is -0.182. The number of hydrogen-bond donors (Lipinski definition) is 2. The molecule has 3 heterocycles. The summed E-state index contributed by atoms with van der Waals surface area (Å²) in [4.78, 5) is 2.30. The van der Waals surface area contributed by atoms with Crippen LogP contribution in [-0.2, 0) is 16.6 Å². The van der Waals surface area contributed by atoms with Gasteiger partial charge in [-0.15, -0.1) is 0 Å². The van der Waals surface area contributed by atoms with Crippen LogP contribution in [0.4, 0.5) is 0 Å². The standard InChI is InChI=1S/C18H23NO4/c1-19-7-6-17-14-10-22-8-2-5-18(17,21)13(19)9-11-3-4-12(20)16(23-14)15(11)17/h3-4,13-14,20-21H,2,5-10H2,1H3/t13-,14+,17?,18-/m1/s1. The lowest BCUT2D eigenvalue weighted by Crippen LogP contribution is -2.74. The molecule has 4 aliphatic rings. The Morgan fingerprint density at radius 3 is 3.04 bits per heavy atom. The maximum atomic E-state index is 11.9. The second-order valence-corrected chi connectivity index (χ2v) is 7.58. The third kappa shape index (κ3) is 1.49. The fraction of sp³-hybridized carbons (Fsp3) is 0.667. The molecule has 4 atom stereocenters. The number of likely N-dealkylation sites (N-methyl/N-ethyl adjacent to an activating group) is 1. The molecule has 0 amide bonds. The minimum Gasteiger partial charge on any atom is -0.504 e. The van der Waals surface area contributed by atoms with Crippen molar-refractivity contribution in [2.24, 2.45) is 0 Å². The maximum absolute atomic E-state index is 11.9. The Morgan fingerprint density at radius 2 is 2.17 bits per heavy atom. The van der Waals surface area contributed by atoms with Gasteiger partial charge in [0.15, 0.2) is 11.5 Å². The van der Waals surface area contributed by atoms with Crippen LogP contribution >= 0.6 is 0 Å². The van der Waals surface area contributed by atoms with Gasteiger partial charge in [-0.25, -0.2) is 0 Å². The van der Waals surface area contributed by atoms with E-state index in [0.717, 1.165) is 37.8 Å². The highest BCUT2D eigenvalue weighted by Gasteiger charge is 2.69. The number of piperidine rings is 1. The predicted molar refractivity (Wildman–Crippen MR) is 83.9 cm³/mol. The minimum atomic E-state index is -0.819. The van der Waals surface area contributed by atoms with Crippen molar-refractivity contribution in [3.63, 3.8) is 0 Å². The fourth-order valence-corrected chi connectivity index (χ4v) is 5.70. The van der Waals surface area contributed by atoms with E-state index in [1.54, 1.807) is 6.07 Å². The van der Waals surface area contributed by atoms with Crippen molar-refractivity contribution < 1.29 is 19.7 Å². The van der Waals surface area contributed by atoms with Gasteiger partial charge in [-0.2, -0.15) is 0 Å². The van der Waals surface area contributed by atoms with Crippen LogP contribution in [0.2, 0.25) is 0 Å². The van der Waals surface area contributed by atoms with Gasteiger partial charge in [0.2, 0.25) is 0 Å². The molecule has 1 aliphatic carbocycles. The molecule has 23 heavy (non-hydrogen) atoms. The Kier molecular flexibility index (Phi) is 2.70. The van der Waals surface area contributed by atoms with E-state index in [2.05, 4.69) is 11.9 Å². The Morgan fingerprint density at radius 1 is 1.30 bits per heavy atom. The van der Waals surface area contributed by atoms with Gasteiger partial charge in [-0.05, 0) is 50.9 Å². The van der Waals surface area contributed by atoms with Crippen molar-refractivity contribution in [1.29, 1.82) is 0 Å². The molecule has 2 N–H and O–H groups in total. The zero-order valence-electron chi connectivity index (χ0n) is 13.4. The molecule has 5 heteroatoms. The van der Waals surface area contributed by atoms with Crippen molar-refractivity contribution in [1.82, 2.24) is 4.90 Å². The van der Waals surface area contributed by atoms with Gasteiger partial charge in [0.05, 0.1) is 17.6 Å². The molecule has 1 aromatic rings. The molecule has 1 spiro atoms. The third-order valence-corrected chi connectivity index (χ3v) is 6.72. The number of ether oxygens (including phenoxy) is 2. The normalized spacial score (nSPS) is 41.7. The molecular weight excluding hydrogens is 294 g/mol. The average Bonchev–Trinajstić information content (AvgIpc) is 2.84. The molecule has 3 aliphatic heterocycles. The lowest BCUT2D eigenvalue weighted by Gasteiger charge is -2.61. The van der Waals surface area contributed by atoms with Gasteiger partial charge in [0, 0.05) is 18.2 Å². The van der Waals surface area contributed by atoms with E-state index in [4.69, 9.17) is 9.47 Å². The number of nitrogens with zero attached hydrogens (tertiary/aromatic N) is 1. The predicted octanol–water partition coefficient (Wildman–Crippen LogP) is 1.19. The summed E-state index contributed by atoms with van der Waals surface area (Å²) < 4.78 is 12.0. The number of aromatic hydroxyl groups is 1. The fourth-order valence-electron chi connectivity index (χ4n) is 5.70. The van der Waals surface area contributed by atoms with Crippen LogP contribution in [0.5, 0.6) is 11.5 Å². The molecule has 2 fully saturated rings. The monoisotopic (exact) mass is 317 g/mol. The smallest absolute Gasteiger partial charge is 0.165 e. The molecule has 5 nitrogen and oxygen atoms in total. The summed E-state index contributed by atoms with van der Waals surface area (Å²) in [6, 6.07) is 3.83. The highest BCUT2D eigenvalue weighted by Crippen LogP contribution is 2.63. The van der Waals surface area contributed by atoms with E-state index in [1.165, 1.54) is 5.56 Å². The Bertz CT molecular complexity index is 677. The van der Waals surface area contributed by atoms with Crippen LogP contribution in [0, 0.1) is 0 Å². The number of rotatable bonds is 0. The summed E-state index contributed by atoms with van der Waals surface area (Å²) in [5.41, 5.74) is 0.995. The summed E-state index contributed by atoms with van der Waals surface area (Å²) in [5.74, 6) is 0.768. The SMILES string of the molecule is CN1CCC23c4c5ccc(O)c4O[C@H]2COCCC[C@@]3(O)[C@H]1C5. The highest BCUT2D eigenvalue weighted by molar-refractivity contribution is 5.61. The first kappa shape index (κ1) is 14.1. The van der Waals surface area contributed by atoms with E-state index in [0.29, 0.717) is 19.0 Å². The summed E-state index contributed by atoms with van der Waals surface area (Å²) >= 11 is 0. The molecule has 0 radical (unpaired) electrons. The van der Waals surface area contributed by atoms with Gasteiger partial charge in [0.1, 0.15) is 6.10 Å². The van der Waals surface area contributed by atoms with Crippen LogP contribution in [-0.4, -0.2) is 59.7 Å². The van der Waals surface area contributed by atoms with Crippen LogP contribution < -0.4 is 4.74 Å². The molecule has 5 rings (SSSR count). The highest BCUT2D eigenvalue weighted by atomic mass is 16.5. The first-order chi connectivity index (χ1) is 11.1. The number of likely N-dealkylation sites (tertiary alicyclic amines) is 1. The van der Waals surface area contributed by atoms with Crippen molar-refractivity contribution in [2.45, 2.75) is 48.8 Å². The largest absolute Gasteiger partial charge is 0.504 e. The van der Waals surface area contributed by atoms with Gasteiger partial charge >= 0.3 is 0 Å². The third-order valence-electron chi connectivity index (χ3n) is 6.72. The summed E-state index contributed by atoms with van der Waals surface area (Å²) in [7, 11) is 2.11. The van der Waals surface area contributed by atoms with E-state index < -0.39 is 11.0 Å². The first-order valence-corrected chi connectivity index (χ1v) is 8.60. The Hall–Kier alpha value is -1.30. The van der Waals surface area contributed by atoms with Gasteiger partial charge in [-0.3, -0.25) is 0 Å². The molecule has 124 valence electrons. The molecule has 0 aromatic heterocycles. The molecule has 2 saturated heterocycles. The Labute approximate surface area is 135 Å². The van der Waals surface area contributed by atoms with E-state index in [-0.39, 0.29) is 17.9 Å². The second kappa shape index (κ2) is 4.41.